The quantitative estimate of drug-likeness (QED) is 0.570. The van der Waals surface area contributed by atoms with Crippen LogP contribution in [-0.2, 0) is 14.8 Å². The topological polar surface area (TPSA) is 78.5 Å². The number of benzene rings is 2. The summed E-state index contributed by atoms with van der Waals surface area (Å²) >= 11 is 11.1. The molecular formula is C18H18ClN3O3S2. The summed E-state index contributed by atoms with van der Waals surface area (Å²) in [5.41, 5.74) is 1.26. The van der Waals surface area contributed by atoms with Crippen LogP contribution in [0.25, 0.3) is 6.08 Å². The molecule has 9 heteroatoms. The monoisotopic (exact) mass is 423 g/mol. The second-order valence-electron chi connectivity index (χ2n) is 5.61. The maximum absolute atomic E-state index is 12.0. The Morgan fingerprint density at radius 3 is 2.33 bits per heavy atom. The summed E-state index contributed by atoms with van der Waals surface area (Å²) in [6.45, 7) is 0. The summed E-state index contributed by atoms with van der Waals surface area (Å²) < 4.78 is 25.2. The van der Waals surface area contributed by atoms with Crippen molar-refractivity contribution in [1.82, 2.24) is 9.62 Å². The molecule has 0 atom stereocenters. The Labute approximate surface area is 168 Å². The van der Waals surface area contributed by atoms with Crippen molar-refractivity contribution in [2.45, 2.75) is 4.90 Å². The Balaban J connectivity index is 1.95. The van der Waals surface area contributed by atoms with Crippen LogP contribution in [0.2, 0.25) is 5.02 Å². The third kappa shape index (κ3) is 5.86. The Hall–Kier alpha value is -2.26. The van der Waals surface area contributed by atoms with Crippen molar-refractivity contribution in [2.24, 2.45) is 0 Å². The van der Waals surface area contributed by atoms with Crippen LogP contribution in [0.4, 0.5) is 5.69 Å². The standard InChI is InChI=1S/C18H18ClN3O3S2/c1-22(2)27(24,25)15-10-8-14(9-11-15)20-18(26)21-17(23)12-7-13-5-3-4-6-16(13)19/h3-12H,1-2H3,(H2,20,21,23,26)/b12-7+. The van der Waals surface area contributed by atoms with Gasteiger partial charge in [0.05, 0.1) is 4.90 Å². The van der Waals surface area contributed by atoms with Crippen LogP contribution >= 0.6 is 23.8 Å². The highest BCUT2D eigenvalue weighted by Crippen LogP contribution is 2.17. The summed E-state index contributed by atoms with van der Waals surface area (Å²) in [6.07, 6.45) is 2.91. The second-order valence-corrected chi connectivity index (χ2v) is 8.58. The SMILES string of the molecule is CN(C)S(=O)(=O)c1ccc(NC(=S)NC(=O)/C=C/c2ccccc2Cl)cc1. The van der Waals surface area contributed by atoms with Gasteiger partial charge in [-0.3, -0.25) is 10.1 Å². The first kappa shape index (κ1) is 21.0. The van der Waals surface area contributed by atoms with Gasteiger partial charge in [0.25, 0.3) is 0 Å². The minimum absolute atomic E-state index is 0.0898. The lowest BCUT2D eigenvalue weighted by atomic mass is 10.2. The molecule has 0 saturated carbocycles. The number of sulfonamides is 1. The number of anilines is 1. The highest BCUT2D eigenvalue weighted by atomic mass is 35.5. The molecule has 0 heterocycles. The van der Waals surface area contributed by atoms with Crippen molar-refractivity contribution in [3.8, 4) is 0 Å². The highest BCUT2D eigenvalue weighted by molar-refractivity contribution is 7.89. The Kier molecular flexibility index (Phi) is 7.09. The number of thiocarbonyl (C=S) groups is 1. The van der Waals surface area contributed by atoms with Gasteiger partial charge in [0.2, 0.25) is 15.9 Å². The van der Waals surface area contributed by atoms with Gasteiger partial charge in [-0.05, 0) is 54.2 Å². The lowest BCUT2D eigenvalue weighted by molar-refractivity contribution is -0.115. The van der Waals surface area contributed by atoms with Gasteiger partial charge < -0.3 is 5.32 Å². The molecule has 0 aliphatic rings. The van der Waals surface area contributed by atoms with Gasteiger partial charge in [0, 0.05) is 30.9 Å². The highest BCUT2D eigenvalue weighted by Gasteiger charge is 2.16. The van der Waals surface area contributed by atoms with E-state index < -0.39 is 15.9 Å². The molecule has 1 amide bonds. The first-order valence-electron chi connectivity index (χ1n) is 7.77. The maximum atomic E-state index is 12.0. The van der Waals surface area contributed by atoms with Crippen LogP contribution in [0, 0.1) is 0 Å². The number of nitrogens with zero attached hydrogens (tertiary/aromatic N) is 1. The van der Waals surface area contributed by atoms with Crippen LogP contribution in [0.3, 0.4) is 0 Å². The van der Waals surface area contributed by atoms with Gasteiger partial charge in [-0.25, -0.2) is 12.7 Å². The van der Waals surface area contributed by atoms with E-state index in [0.717, 1.165) is 4.31 Å². The van der Waals surface area contributed by atoms with Crippen molar-refractivity contribution in [2.75, 3.05) is 19.4 Å². The van der Waals surface area contributed by atoms with E-state index in [4.69, 9.17) is 23.8 Å². The molecule has 2 aromatic carbocycles. The maximum Gasteiger partial charge on any atom is 0.250 e. The Morgan fingerprint density at radius 2 is 1.74 bits per heavy atom. The van der Waals surface area contributed by atoms with Crippen LogP contribution in [0.5, 0.6) is 0 Å². The fraction of sp³-hybridized carbons (Fsp3) is 0.111. The summed E-state index contributed by atoms with van der Waals surface area (Å²) in [4.78, 5) is 12.1. The fourth-order valence-corrected chi connectivity index (χ4v) is 3.33. The van der Waals surface area contributed by atoms with Crippen LogP contribution in [-0.4, -0.2) is 37.8 Å². The van der Waals surface area contributed by atoms with E-state index in [0.29, 0.717) is 16.3 Å². The predicted octanol–water partition coefficient (Wildman–Crippen LogP) is 3.12. The minimum Gasteiger partial charge on any atom is -0.332 e. The zero-order valence-electron chi connectivity index (χ0n) is 14.6. The van der Waals surface area contributed by atoms with E-state index >= 15 is 0 Å². The van der Waals surface area contributed by atoms with Gasteiger partial charge in [0.1, 0.15) is 0 Å². The first-order valence-corrected chi connectivity index (χ1v) is 10.00. The van der Waals surface area contributed by atoms with E-state index in [2.05, 4.69) is 10.6 Å². The summed E-state index contributed by atoms with van der Waals surface area (Å²) in [6, 6.07) is 13.2. The van der Waals surface area contributed by atoms with Gasteiger partial charge >= 0.3 is 0 Å². The Bertz CT molecular complexity index is 972. The van der Waals surface area contributed by atoms with Crippen molar-refractivity contribution in [3.63, 3.8) is 0 Å². The van der Waals surface area contributed by atoms with E-state index in [-0.39, 0.29) is 10.0 Å². The summed E-state index contributed by atoms with van der Waals surface area (Å²) in [7, 11) is -0.574. The lowest BCUT2D eigenvalue weighted by Gasteiger charge is -2.12. The molecule has 0 spiro atoms. The lowest BCUT2D eigenvalue weighted by Crippen LogP contribution is -2.32. The van der Waals surface area contributed by atoms with Gasteiger partial charge in [-0.1, -0.05) is 29.8 Å². The summed E-state index contributed by atoms with van der Waals surface area (Å²) in [5, 5.41) is 5.95. The molecule has 0 unspecified atom stereocenters. The van der Waals surface area contributed by atoms with E-state index in [1.165, 1.54) is 32.3 Å². The van der Waals surface area contributed by atoms with Gasteiger partial charge in [-0.2, -0.15) is 0 Å². The van der Waals surface area contributed by atoms with Crippen molar-refractivity contribution in [1.29, 1.82) is 0 Å². The molecule has 27 heavy (non-hydrogen) atoms. The van der Waals surface area contributed by atoms with E-state index in [1.54, 1.807) is 36.4 Å². The van der Waals surface area contributed by atoms with Crippen molar-refractivity contribution < 1.29 is 13.2 Å². The average molecular weight is 424 g/mol. The molecule has 0 fully saturated rings. The molecule has 0 aromatic heterocycles. The van der Waals surface area contributed by atoms with E-state index in [9.17, 15) is 13.2 Å². The number of carbonyl (C=O) groups excluding carboxylic acids is 1. The zero-order chi connectivity index (χ0) is 20.0. The molecule has 0 radical (unpaired) electrons. The normalized spacial score (nSPS) is 11.6. The third-order valence-corrected chi connectivity index (χ3v) is 5.82. The molecular weight excluding hydrogens is 406 g/mol. The largest absolute Gasteiger partial charge is 0.332 e. The molecule has 0 aliphatic carbocycles. The van der Waals surface area contributed by atoms with Crippen LogP contribution < -0.4 is 10.6 Å². The number of halogens is 1. The predicted molar refractivity (Wildman–Crippen MR) is 112 cm³/mol. The minimum atomic E-state index is -3.50. The molecule has 0 aliphatic heterocycles. The summed E-state index contributed by atoms with van der Waals surface area (Å²) in [5.74, 6) is -0.417. The number of amides is 1. The zero-order valence-corrected chi connectivity index (χ0v) is 17.0. The molecule has 0 bridgehead atoms. The number of carbonyl (C=O) groups is 1. The van der Waals surface area contributed by atoms with Crippen LogP contribution in [0.15, 0.2) is 59.5 Å². The smallest absolute Gasteiger partial charge is 0.250 e. The van der Waals surface area contributed by atoms with Gasteiger partial charge in [0.15, 0.2) is 5.11 Å². The number of rotatable bonds is 5. The van der Waals surface area contributed by atoms with Crippen molar-refractivity contribution >= 4 is 56.6 Å². The molecule has 142 valence electrons. The molecule has 2 N–H and O–H groups in total. The third-order valence-electron chi connectivity index (χ3n) is 3.45. The number of nitrogens with one attached hydrogen (secondary N) is 2. The average Bonchev–Trinajstić information content (AvgIpc) is 2.61. The van der Waals surface area contributed by atoms with Crippen LogP contribution in [0.1, 0.15) is 5.56 Å². The fourth-order valence-electron chi connectivity index (χ4n) is 2.01. The molecule has 0 saturated heterocycles. The Morgan fingerprint density at radius 1 is 1.11 bits per heavy atom. The molecule has 2 rings (SSSR count). The van der Waals surface area contributed by atoms with Crippen molar-refractivity contribution in [3.05, 3.63) is 65.2 Å². The number of hydrogen-bond donors (Lipinski definition) is 2. The second kappa shape index (κ2) is 9.09. The molecule has 2 aromatic rings. The van der Waals surface area contributed by atoms with E-state index in [1.807, 2.05) is 6.07 Å². The number of hydrogen-bond acceptors (Lipinski definition) is 4. The van der Waals surface area contributed by atoms with Gasteiger partial charge in [-0.15, -0.1) is 0 Å². The molecule has 6 nitrogen and oxygen atoms in total. The first-order chi connectivity index (χ1) is 12.7.